The van der Waals surface area contributed by atoms with Gasteiger partial charge < -0.3 is 20.2 Å². The Bertz CT molecular complexity index is 1460. The van der Waals surface area contributed by atoms with E-state index >= 15 is 0 Å². The quantitative estimate of drug-likeness (QED) is 0.353. The van der Waals surface area contributed by atoms with Crippen LogP contribution in [0.15, 0.2) is 49.2 Å². The molecule has 0 radical (unpaired) electrons. The van der Waals surface area contributed by atoms with Crippen molar-refractivity contribution in [3.05, 3.63) is 70.3 Å². The van der Waals surface area contributed by atoms with Crippen LogP contribution in [-0.4, -0.2) is 35.4 Å². The van der Waals surface area contributed by atoms with Crippen molar-refractivity contribution in [3.8, 4) is 11.4 Å². The Labute approximate surface area is 194 Å². The van der Waals surface area contributed by atoms with E-state index in [0.29, 0.717) is 18.2 Å². The summed E-state index contributed by atoms with van der Waals surface area (Å²) in [5.41, 5.74) is 4.78. The third-order valence-corrected chi connectivity index (χ3v) is 6.03. The second-order valence-electron chi connectivity index (χ2n) is 7.80. The van der Waals surface area contributed by atoms with Crippen LogP contribution in [0.3, 0.4) is 0 Å². The zero-order chi connectivity index (χ0) is 22.9. The van der Waals surface area contributed by atoms with Gasteiger partial charge in [-0.05, 0) is 43.7 Å². The first-order valence-corrected chi connectivity index (χ1v) is 11.2. The monoisotopic (exact) mass is 458 g/mol. The van der Waals surface area contributed by atoms with Gasteiger partial charge >= 0.3 is 0 Å². The molecule has 3 N–H and O–H groups in total. The highest BCUT2D eigenvalue weighted by Gasteiger charge is 2.13. The fourth-order valence-electron chi connectivity index (χ4n) is 3.59. The zero-order valence-corrected chi connectivity index (χ0v) is 19.2. The highest BCUT2D eigenvalue weighted by molar-refractivity contribution is 7.11. The van der Waals surface area contributed by atoms with E-state index < -0.39 is 0 Å². The number of aromatic amines is 1. The Balaban J connectivity index is 1.35. The van der Waals surface area contributed by atoms with Crippen LogP contribution >= 0.6 is 11.3 Å². The number of carbonyl (C=O) groups excluding carboxylic acids is 1. The minimum absolute atomic E-state index is 0.167. The summed E-state index contributed by atoms with van der Waals surface area (Å²) in [6.07, 6.45) is 7.15. The van der Waals surface area contributed by atoms with Crippen LogP contribution < -0.4 is 10.6 Å². The third kappa shape index (κ3) is 4.46. The zero-order valence-electron chi connectivity index (χ0n) is 18.4. The highest BCUT2D eigenvalue weighted by Crippen LogP contribution is 2.26. The lowest BCUT2D eigenvalue weighted by Crippen LogP contribution is -2.22. The molecule has 0 bridgehead atoms. The fourth-order valence-corrected chi connectivity index (χ4v) is 4.32. The Morgan fingerprint density at radius 3 is 2.79 bits per heavy atom. The number of benzene rings is 1. The lowest BCUT2D eigenvalue weighted by molar-refractivity contribution is 0.0946. The number of hydrogen-bond acceptors (Lipinski definition) is 7. The van der Waals surface area contributed by atoms with Crippen molar-refractivity contribution in [3.63, 3.8) is 0 Å². The minimum Gasteiger partial charge on any atom is -0.350 e. The average molecular weight is 459 g/mol. The number of nitrogens with one attached hydrogen (secondary N) is 3. The summed E-state index contributed by atoms with van der Waals surface area (Å²) in [6.45, 7) is 4.40. The van der Waals surface area contributed by atoms with Crippen LogP contribution in [0.25, 0.3) is 22.3 Å². The van der Waals surface area contributed by atoms with Crippen LogP contribution in [0.5, 0.6) is 0 Å². The van der Waals surface area contributed by atoms with Gasteiger partial charge in [0.2, 0.25) is 5.95 Å². The van der Waals surface area contributed by atoms with Gasteiger partial charge in [-0.15, -0.1) is 11.3 Å². The molecule has 166 valence electrons. The summed E-state index contributed by atoms with van der Waals surface area (Å²) in [6, 6.07) is 7.64. The van der Waals surface area contributed by atoms with E-state index in [1.165, 1.54) is 0 Å². The SMILES string of the molecule is Cc1cnc(CNC(=O)c2cc3cc(Nc4nccc(-c5cn(C)cn5)n4)cc(C)c3[nH]2)s1. The molecule has 5 rings (SSSR count). The molecule has 0 spiro atoms. The first-order valence-electron chi connectivity index (χ1n) is 10.4. The molecule has 1 aromatic carbocycles. The van der Waals surface area contributed by atoms with Crippen LogP contribution in [-0.2, 0) is 13.6 Å². The predicted octanol–water partition coefficient (Wildman–Crippen LogP) is 4.11. The number of imidazole rings is 1. The van der Waals surface area contributed by atoms with Gasteiger partial charge in [-0.25, -0.2) is 19.9 Å². The maximum absolute atomic E-state index is 12.6. The molecule has 0 atom stereocenters. The molecule has 0 aliphatic rings. The van der Waals surface area contributed by atoms with Gasteiger partial charge in [-0.3, -0.25) is 4.79 Å². The van der Waals surface area contributed by atoms with E-state index in [1.807, 2.05) is 62.1 Å². The Hall–Kier alpha value is -4.05. The summed E-state index contributed by atoms with van der Waals surface area (Å²) in [5.74, 6) is 0.309. The average Bonchev–Trinajstić information content (AvgIpc) is 3.52. The molecule has 1 amide bonds. The van der Waals surface area contributed by atoms with Crippen LogP contribution in [0, 0.1) is 13.8 Å². The van der Waals surface area contributed by atoms with Crippen molar-refractivity contribution in [2.45, 2.75) is 20.4 Å². The number of fused-ring (bicyclic) bond motifs is 1. The molecule has 4 aromatic heterocycles. The lowest BCUT2D eigenvalue weighted by Gasteiger charge is -2.07. The Kier molecular flexibility index (Phi) is 5.35. The molecule has 10 heteroatoms. The first kappa shape index (κ1) is 20.8. The van der Waals surface area contributed by atoms with E-state index in [4.69, 9.17) is 0 Å². The molecule has 0 aliphatic carbocycles. The van der Waals surface area contributed by atoms with Gasteiger partial charge in [-0.2, -0.15) is 0 Å². The summed E-state index contributed by atoms with van der Waals surface area (Å²) < 4.78 is 1.87. The number of thiazole rings is 1. The second kappa shape index (κ2) is 8.47. The largest absolute Gasteiger partial charge is 0.350 e. The van der Waals surface area contributed by atoms with Gasteiger partial charge in [0.15, 0.2) is 0 Å². The fraction of sp³-hybridized carbons (Fsp3) is 0.174. The standard InChI is InChI=1S/C23H22N8OS/c1-13-6-16(28-23-24-5-4-17(30-23)19-11-31(3)12-27-19)7-15-8-18(29-21(13)15)22(32)26-10-20-25-9-14(2)33-20/h4-9,11-12,29H,10H2,1-3H3,(H,26,32)(H,24,28,30). The number of amides is 1. The molecule has 0 unspecified atom stereocenters. The van der Waals surface area contributed by atoms with Gasteiger partial charge in [0.1, 0.15) is 16.4 Å². The lowest BCUT2D eigenvalue weighted by atomic mass is 10.1. The molecule has 9 nitrogen and oxygen atoms in total. The third-order valence-electron chi connectivity index (χ3n) is 5.12. The van der Waals surface area contributed by atoms with Gasteiger partial charge in [-0.1, -0.05) is 0 Å². The normalized spacial score (nSPS) is 11.1. The molecular weight excluding hydrogens is 436 g/mol. The molecule has 0 fully saturated rings. The van der Waals surface area contributed by atoms with Gasteiger partial charge in [0.25, 0.3) is 5.91 Å². The number of anilines is 2. The summed E-state index contributed by atoms with van der Waals surface area (Å²) in [4.78, 5) is 34.5. The van der Waals surface area contributed by atoms with Crippen molar-refractivity contribution >= 4 is 39.8 Å². The van der Waals surface area contributed by atoms with Crippen LogP contribution in [0.1, 0.15) is 25.9 Å². The minimum atomic E-state index is -0.167. The van der Waals surface area contributed by atoms with E-state index in [1.54, 1.807) is 23.9 Å². The molecule has 0 saturated carbocycles. The van der Waals surface area contributed by atoms with Crippen molar-refractivity contribution in [2.75, 3.05) is 5.32 Å². The van der Waals surface area contributed by atoms with Crippen molar-refractivity contribution < 1.29 is 4.79 Å². The van der Waals surface area contributed by atoms with E-state index in [-0.39, 0.29) is 5.91 Å². The van der Waals surface area contributed by atoms with E-state index in [9.17, 15) is 4.79 Å². The number of H-pyrrole nitrogens is 1. The Morgan fingerprint density at radius 1 is 1.15 bits per heavy atom. The number of aryl methyl sites for hydroxylation is 3. The number of nitrogens with zero attached hydrogens (tertiary/aromatic N) is 5. The van der Waals surface area contributed by atoms with Crippen molar-refractivity contribution in [2.24, 2.45) is 7.05 Å². The second-order valence-corrected chi connectivity index (χ2v) is 9.12. The number of hydrogen-bond donors (Lipinski definition) is 3. The van der Waals surface area contributed by atoms with Crippen molar-refractivity contribution in [1.82, 2.24) is 34.8 Å². The van der Waals surface area contributed by atoms with Gasteiger partial charge in [0, 0.05) is 47.1 Å². The highest BCUT2D eigenvalue weighted by atomic mass is 32.1. The molecule has 0 saturated heterocycles. The number of carbonyl (C=O) groups is 1. The van der Waals surface area contributed by atoms with Crippen molar-refractivity contribution in [1.29, 1.82) is 0 Å². The summed E-state index contributed by atoms with van der Waals surface area (Å²) in [7, 11) is 1.92. The maximum Gasteiger partial charge on any atom is 0.268 e. The molecule has 4 heterocycles. The van der Waals surface area contributed by atoms with Crippen LogP contribution in [0.4, 0.5) is 11.6 Å². The Morgan fingerprint density at radius 2 is 2.03 bits per heavy atom. The van der Waals surface area contributed by atoms with E-state index in [2.05, 4.69) is 35.6 Å². The predicted molar refractivity (Wildman–Crippen MR) is 129 cm³/mol. The van der Waals surface area contributed by atoms with E-state index in [0.717, 1.165) is 43.4 Å². The molecule has 33 heavy (non-hydrogen) atoms. The summed E-state index contributed by atoms with van der Waals surface area (Å²) in [5, 5.41) is 7.99. The van der Waals surface area contributed by atoms with Gasteiger partial charge in [0.05, 0.1) is 18.6 Å². The van der Waals surface area contributed by atoms with Crippen LogP contribution in [0.2, 0.25) is 0 Å². The maximum atomic E-state index is 12.6. The topological polar surface area (TPSA) is 113 Å². The number of rotatable bonds is 6. The smallest absolute Gasteiger partial charge is 0.268 e. The first-order chi connectivity index (χ1) is 15.9. The number of aromatic nitrogens is 6. The molecule has 0 aliphatic heterocycles. The summed E-state index contributed by atoms with van der Waals surface area (Å²) >= 11 is 1.57. The molecule has 5 aromatic rings. The molecular formula is C23H22N8OS.